The predicted molar refractivity (Wildman–Crippen MR) is 106 cm³/mol. The van der Waals surface area contributed by atoms with E-state index in [9.17, 15) is 30.4 Å². The molecular formula is C18H11N6O7-. The third kappa shape index (κ3) is 3.69. The Balaban J connectivity index is 1.85. The maximum absolute atomic E-state index is 12.2. The van der Waals surface area contributed by atoms with Crippen LogP contribution in [0.1, 0.15) is 0 Å². The van der Waals surface area contributed by atoms with E-state index in [4.69, 9.17) is 0 Å². The van der Waals surface area contributed by atoms with E-state index in [1.54, 1.807) is 12.1 Å². The molecule has 1 heterocycles. The van der Waals surface area contributed by atoms with Gasteiger partial charge in [0.05, 0.1) is 15.5 Å². The van der Waals surface area contributed by atoms with Gasteiger partial charge in [-0.25, -0.2) is 4.63 Å². The van der Waals surface area contributed by atoms with Crippen molar-refractivity contribution >= 4 is 45.2 Å². The van der Waals surface area contributed by atoms with Gasteiger partial charge in [0.1, 0.15) is 11.4 Å². The number of phenols is 1. The lowest BCUT2D eigenvalue weighted by molar-refractivity contribution is -0.385. The van der Waals surface area contributed by atoms with E-state index in [1.807, 2.05) is 0 Å². The number of aromatic nitrogens is 2. The molecule has 13 nitrogen and oxygen atoms in total. The van der Waals surface area contributed by atoms with Crippen LogP contribution in [0, 0.1) is 20.2 Å². The van der Waals surface area contributed by atoms with Crippen molar-refractivity contribution < 1.29 is 24.7 Å². The molecule has 0 bridgehead atoms. The van der Waals surface area contributed by atoms with Gasteiger partial charge < -0.3 is 20.8 Å². The van der Waals surface area contributed by atoms with E-state index in [2.05, 4.69) is 25.6 Å². The fourth-order valence-electron chi connectivity index (χ4n) is 2.88. The molecule has 0 saturated carbocycles. The van der Waals surface area contributed by atoms with Crippen LogP contribution >= 0.6 is 0 Å². The van der Waals surface area contributed by atoms with Crippen molar-refractivity contribution in [2.24, 2.45) is 0 Å². The van der Waals surface area contributed by atoms with E-state index in [-0.39, 0.29) is 39.5 Å². The van der Waals surface area contributed by atoms with Gasteiger partial charge in [-0.3, -0.25) is 20.2 Å². The van der Waals surface area contributed by atoms with Crippen LogP contribution in [0.2, 0.25) is 0 Å². The molecule has 0 spiro atoms. The van der Waals surface area contributed by atoms with Crippen LogP contribution in [-0.4, -0.2) is 25.3 Å². The highest BCUT2D eigenvalue weighted by molar-refractivity contribution is 6.01. The number of nitro benzene ring substituents is 2. The molecule has 0 unspecified atom stereocenters. The molecule has 13 heteroatoms. The van der Waals surface area contributed by atoms with Gasteiger partial charge >= 0.3 is 5.69 Å². The van der Waals surface area contributed by atoms with Crippen molar-refractivity contribution in [2.75, 3.05) is 10.6 Å². The summed E-state index contributed by atoms with van der Waals surface area (Å²) in [6.45, 7) is 0. The molecule has 0 aliphatic rings. The molecule has 0 radical (unpaired) electrons. The number of phenolic OH excluding ortho intramolecular Hbond substituents is 1. The zero-order chi connectivity index (χ0) is 22.1. The molecule has 156 valence electrons. The Hall–Kier alpha value is -4.94. The van der Waals surface area contributed by atoms with E-state index in [0.717, 1.165) is 18.2 Å². The van der Waals surface area contributed by atoms with Crippen LogP contribution in [0.5, 0.6) is 11.5 Å². The number of anilines is 4. The molecule has 0 saturated heterocycles. The number of hydrogen-bond donors (Lipinski definition) is 3. The van der Waals surface area contributed by atoms with Crippen LogP contribution in [0.15, 0.2) is 53.2 Å². The second-order valence-electron chi connectivity index (χ2n) is 6.27. The number of nitrogens with zero attached hydrogens (tertiary/aromatic N) is 4. The summed E-state index contributed by atoms with van der Waals surface area (Å²) < 4.78 is 4.67. The zero-order valence-corrected chi connectivity index (χ0v) is 15.3. The first-order chi connectivity index (χ1) is 14.8. The van der Waals surface area contributed by atoms with E-state index >= 15 is 0 Å². The minimum absolute atomic E-state index is 0.0403. The predicted octanol–water partition coefficient (Wildman–Crippen LogP) is 3.31. The third-order valence-corrected chi connectivity index (χ3v) is 4.28. The topological polar surface area (TPSA) is 193 Å². The highest BCUT2D eigenvalue weighted by Crippen LogP contribution is 2.40. The van der Waals surface area contributed by atoms with Gasteiger partial charge in [-0.15, -0.1) is 0 Å². The average molecular weight is 423 g/mol. The monoisotopic (exact) mass is 423 g/mol. The van der Waals surface area contributed by atoms with E-state index in [0.29, 0.717) is 5.69 Å². The Morgan fingerprint density at radius 2 is 1.55 bits per heavy atom. The maximum Gasteiger partial charge on any atom is 0.324 e. The first-order valence-corrected chi connectivity index (χ1v) is 8.55. The summed E-state index contributed by atoms with van der Waals surface area (Å²) in [4.78, 5) is 21.3. The number of nitro groups is 2. The first-order valence-electron chi connectivity index (χ1n) is 8.55. The van der Waals surface area contributed by atoms with Crippen molar-refractivity contribution in [3.63, 3.8) is 0 Å². The first kappa shape index (κ1) is 19.4. The maximum atomic E-state index is 12.2. The molecule has 0 aliphatic heterocycles. The van der Waals surface area contributed by atoms with Crippen LogP contribution in [0.4, 0.5) is 34.1 Å². The molecule has 4 aromatic rings. The third-order valence-electron chi connectivity index (χ3n) is 4.28. The number of nitrogens with one attached hydrogen (secondary N) is 2. The van der Waals surface area contributed by atoms with Crippen LogP contribution < -0.4 is 15.7 Å². The lowest BCUT2D eigenvalue weighted by atomic mass is 10.1. The molecule has 31 heavy (non-hydrogen) atoms. The van der Waals surface area contributed by atoms with Gasteiger partial charge in [0.15, 0.2) is 5.52 Å². The molecular weight excluding hydrogens is 412 g/mol. The number of non-ortho nitro benzene ring substituents is 1. The standard InChI is InChI=1S/C18H12N6O7/c25-11-4-1-9(2-5-11)19-13-8-14(18(24(29)30)17-16(13)21-31-22-17)20-12-7-10(23(27)28)3-6-15(12)26/h1-8,19-20,25-26H/p-1. The van der Waals surface area contributed by atoms with E-state index < -0.39 is 21.3 Å². The largest absolute Gasteiger partial charge is 0.871 e. The summed E-state index contributed by atoms with van der Waals surface area (Å²) in [6.07, 6.45) is 0. The minimum atomic E-state index is -0.735. The zero-order valence-electron chi connectivity index (χ0n) is 15.3. The summed E-state index contributed by atoms with van der Waals surface area (Å²) in [7, 11) is 0. The molecule has 0 fully saturated rings. The molecule has 0 atom stereocenters. The van der Waals surface area contributed by atoms with Crippen LogP contribution in [0.3, 0.4) is 0 Å². The van der Waals surface area contributed by atoms with Crippen LogP contribution in [-0.2, 0) is 0 Å². The van der Waals surface area contributed by atoms with Gasteiger partial charge in [-0.2, -0.15) is 0 Å². The second kappa shape index (κ2) is 7.47. The number of aromatic hydroxyl groups is 1. The summed E-state index contributed by atoms with van der Waals surface area (Å²) in [6, 6.07) is 10.3. The fraction of sp³-hybridized carbons (Fsp3) is 0. The Morgan fingerprint density at radius 1 is 0.839 bits per heavy atom. The number of benzene rings is 3. The highest BCUT2D eigenvalue weighted by Gasteiger charge is 2.26. The Morgan fingerprint density at radius 3 is 2.23 bits per heavy atom. The van der Waals surface area contributed by atoms with Crippen molar-refractivity contribution in [3.05, 3.63) is 68.8 Å². The van der Waals surface area contributed by atoms with E-state index in [1.165, 1.54) is 18.2 Å². The number of hydrogen-bond acceptors (Lipinski definition) is 11. The Bertz CT molecular complexity index is 1320. The Labute approximate surface area is 171 Å². The Kier molecular flexibility index (Phi) is 4.67. The number of fused-ring (bicyclic) bond motifs is 1. The van der Waals surface area contributed by atoms with Gasteiger partial charge in [-0.1, -0.05) is 11.8 Å². The van der Waals surface area contributed by atoms with Crippen LogP contribution in [0.25, 0.3) is 11.0 Å². The minimum Gasteiger partial charge on any atom is -0.871 e. The molecule has 0 aliphatic carbocycles. The molecule has 4 rings (SSSR count). The van der Waals surface area contributed by atoms with Gasteiger partial charge in [-0.05, 0) is 40.6 Å². The SMILES string of the molecule is O=[N+]([O-])c1ccc([O-])c(Nc2cc(Nc3ccc(O)cc3)c3nonc3c2[N+](=O)[O-])c1. The molecule has 3 aromatic carbocycles. The summed E-state index contributed by atoms with van der Waals surface area (Å²) in [5, 5.41) is 57.2. The lowest BCUT2D eigenvalue weighted by Gasteiger charge is -2.16. The fourth-order valence-corrected chi connectivity index (χ4v) is 2.88. The summed E-state index contributed by atoms with van der Waals surface area (Å²) in [5.74, 6) is -0.565. The van der Waals surface area contributed by atoms with Crippen molar-refractivity contribution in [2.45, 2.75) is 0 Å². The second-order valence-corrected chi connectivity index (χ2v) is 6.27. The molecule has 1 aromatic heterocycles. The normalized spacial score (nSPS) is 10.7. The van der Waals surface area contributed by atoms with Gasteiger partial charge in [0.25, 0.3) is 5.69 Å². The summed E-state index contributed by atoms with van der Waals surface area (Å²) >= 11 is 0. The molecule has 3 N–H and O–H groups in total. The molecule has 0 amide bonds. The summed E-state index contributed by atoms with van der Waals surface area (Å²) in [5.41, 5.74) is -0.680. The lowest BCUT2D eigenvalue weighted by Crippen LogP contribution is -2.04. The van der Waals surface area contributed by atoms with Crippen molar-refractivity contribution in [3.8, 4) is 11.5 Å². The van der Waals surface area contributed by atoms with Crippen molar-refractivity contribution in [1.82, 2.24) is 10.3 Å². The quantitative estimate of drug-likeness (QED) is 0.234. The number of rotatable bonds is 6. The smallest absolute Gasteiger partial charge is 0.324 e. The highest BCUT2D eigenvalue weighted by atomic mass is 16.6. The van der Waals surface area contributed by atoms with Gasteiger partial charge in [0, 0.05) is 23.5 Å². The van der Waals surface area contributed by atoms with Crippen molar-refractivity contribution in [1.29, 1.82) is 0 Å². The average Bonchev–Trinajstić information content (AvgIpc) is 3.20. The van der Waals surface area contributed by atoms with Gasteiger partial charge in [0.2, 0.25) is 5.52 Å².